The minimum Gasteiger partial charge on any atom is -0.479 e. The monoisotopic (exact) mass is 408 g/mol. The summed E-state index contributed by atoms with van der Waals surface area (Å²) in [6.07, 6.45) is 25.4. The first-order chi connectivity index (χ1) is 14.1. The Hall–Kier alpha value is -1.58. The van der Waals surface area contributed by atoms with Gasteiger partial charge < -0.3 is 9.84 Å². The zero-order valence-electron chi connectivity index (χ0n) is 18.9. The average Bonchev–Trinajstić information content (AvgIpc) is 2.70. The Morgan fingerprint density at radius 2 is 1.28 bits per heavy atom. The van der Waals surface area contributed by atoms with Crippen LogP contribution < -0.4 is 0 Å². The van der Waals surface area contributed by atoms with Crippen molar-refractivity contribution in [1.29, 1.82) is 0 Å². The van der Waals surface area contributed by atoms with Gasteiger partial charge >= 0.3 is 11.9 Å². The van der Waals surface area contributed by atoms with E-state index in [0.717, 1.165) is 25.7 Å². The number of carbonyl (C=O) groups is 2. The van der Waals surface area contributed by atoms with Crippen molar-refractivity contribution in [3.63, 3.8) is 0 Å². The maximum absolute atomic E-state index is 11.6. The van der Waals surface area contributed by atoms with Gasteiger partial charge in [0, 0.05) is 6.42 Å². The maximum Gasteiger partial charge on any atom is 0.345 e. The quantitative estimate of drug-likeness (QED) is 0.130. The molecule has 4 nitrogen and oxygen atoms in total. The van der Waals surface area contributed by atoms with Gasteiger partial charge in [0.05, 0.1) is 0 Å². The van der Waals surface area contributed by atoms with Crippen LogP contribution in [-0.4, -0.2) is 23.1 Å². The molecular weight excluding hydrogens is 364 g/mol. The fourth-order valence-corrected chi connectivity index (χ4v) is 3.14. The molecule has 0 saturated carbocycles. The van der Waals surface area contributed by atoms with Crippen molar-refractivity contribution >= 4 is 11.9 Å². The molecule has 0 heterocycles. The maximum atomic E-state index is 11.6. The molecule has 168 valence electrons. The molecule has 0 aromatic carbocycles. The predicted octanol–water partition coefficient (Wildman–Crippen LogP) is 7.38. The summed E-state index contributed by atoms with van der Waals surface area (Å²) in [5, 5.41) is 8.87. The van der Waals surface area contributed by atoms with Crippen LogP contribution >= 0.6 is 0 Å². The number of aliphatic carboxylic acids is 1. The lowest BCUT2D eigenvalue weighted by molar-refractivity contribution is -0.164. The Morgan fingerprint density at radius 3 is 1.79 bits per heavy atom. The summed E-state index contributed by atoms with van der Waals surface area (Å²) < 4.78 is 4.95. The van der Waals surface area contributed by atoms with Gasteiger partial charge in [0.2, 0.25) is 0 Å². The van der Waals surface area contributed by atoms with Gasteiger partial charge in [-0.15, -0.1) is 0 Å². The first-order valence-corrected chi connectivity index (χ1v) is 11.8. The minimum atomic E-state index is -1.06. The molecule has 0 radical (unpaired) electrons. The second kappa shape index (κ2) is 21.1. The molecule has 0 saturated heterocycles. The number of hydrogen-bond acceptors (Lipinski definition) is 3. The van der Waals surface area contributed by atoms with E-state index in [1.165, 1.54) is 64.2 Å². The lowest BCUT2D eigenvalue weighted by atomic mass is 10.1. The molecule has 0 aliphatic heterocycles. The van der Waals surface area contributed by atoms with Crippen LogP contribution in [0.5, 0.6) is 0 Å². The number of hydrogen-bond donors (Lipinski definition) is 1. The highest BCUT2D eigenvalue weighted by Crippen LogP contribution is 2.11. The number of esters is 1. The van der Waals surface area contributed by atoms with Crippen molar-refractivity contribution in [2.75, 3.05) is 0 Å². The highest BCUT2D eigenvalue weighted by Gasteiger charge is 2.19. The Labute approximate surface area is 178 Å². The SMILES string of the molecule is CCCCCC/C=C\C/C=C\CCCCCCCCCC(=O)OC(CC)C(=O)O. The van der Waals surface area contributed by atoms with Crippen LogP contribution in [0.4, 0.5) is 0 Å². The lowest BCUT2D eigenvalue weighted by Crippen LogP contribution is -2.26. The van der Waals surface area contributed by atoms with E-state index in [9.17, 15) is 9.59 Å². The van der Waals surface area contributed by atoms with Gasteiger partial charge in [-0.25, -0.2) is 4.79 Å². The fourth-order valence-electron chi connectivity index (χ4n) is 3.14. The van der Waals surface area contributed by atoms with Gasteiger partial charge in [0.1, 0.15) is 0 Å². The van der Waals surface area contributed by atoms with E-state index in [2.05, 4.69) is 31.2 Å². The summed E-state index contributed by atoms with van der Waals surface area (Å²) in [6, 6.07) is 0. The lowest BCUT2D eigenvalue weighted by Gasteiger charge is -2.11. The molecule has 0 aromatic rings. The molecule has 0 rings (SSSR count). The minimum absolute atomic E-state index is 0.312. The highest BCUT2D eigenvalue weighted by molar-refractivity contribution is 5.77. The first kappa shape index (κ1) is 27.4. The number of ether oxygens (including phenoxy) is 1. The number of carbonyl (C=O) groups excluding carboxylic acids is 1. The molecule has 0 aliphatic rings. The van der Waals surface area contributed by atoms with E-state index in [1.54, 1.807) is 6.92 Å². The second-order valence-corrected chi connectivity index (χ2v) is 7.77. The van der Waals surface area contributed by atoms with E-state index in [1.807, 2.05) is 0 Å². The zero-order valence-corrected chi connectivity index (χ0v) is 18.9. The standard InChI is InChI=1S/C25H44O4/c1-3-5-6-7-8-9-10-11-12-13-14-15-16-17-18-19-20-21-22-24(26)29-23(4-2)25(27)28/h9-10,12-13,23H,3-8,11,14-22H2,1-2H3,(H,27,28)/b10-9-,13-12-. The van der Waals surface area contributed by atoms with Gasteiger partial charge in [-0.1, -0.05) is 89.5 Å². The molecule has 0 amide bonds. The molecule has 0 aliphatic carbocycles. The summed E-state index contributed by atoms with van der Waals surface area (Å²) in [4.78, 5) is 22.4. The van der Waals surface area contributed by atoms with Gasteiger partial charge in [0.15, 0.2) is 6.10 Å². The summed E-state index contributed by atoms with van der Waals surface area (Å²) >= 11 is 0. The Morgan fingerprint density at radius 1 is 0.759 bits per heavy atom. The van der Waals surface area contributed by atoms with Crippen LogP contribution in [0.25, 0.3) is 0 Å². The average molecular weight is 409 g/mol. The predicted molar refractivity (Wildman–Crippen MR) is 121 cm³/mol. The van der Waals surface area contributed by atoms with Crippen LogP contribution in [0.15, 0.2) is 24.3 Å². The van der Waals surface area contributed by atoms with Gasteiger partial charge in [0.25, 0.3) is 0 Å². The zero-order chi connectivity index (χ0) is 21.6. The number of allylic oxidation sites excluding steroid dienone is 4. The molecule has 1 N–H and O–H groups in total. The van der Waals surface area contributed by atoms with Crippen molar-refractivity contribution in [2.24, 2.45) is 0 Å². The largest absolute Gasteiger partial charge is 0.479 e. The number of carboxylic acid groups (broad SMARTS) is 1. The normalized spacial score (nSPS) is 12.6. The molecule has 29 heavy (non-hydrogen) atoms. The molecule has 0 bridgehead atoms. The number of unbranched alkanes of at least 4 members (excludes halogenated alkanes) is 11. The molecule has 4 heteroatoms. The van der Waals surface area contributed by atoms with Crippen molar-refractivity contribution in [3.05, 3.63) is 24.3 Å². The summed E-state index contributed by atoms with van der Waals surface area (Å²) in [5.41, 5.74) is 0. The summed E-state index contributed by atoms with van der Waals surface area (Å²) in [5.74, 6) is -1.46. The van der Waals surface area contributed by atoms with Gasteiger partial charge in [-0.3, -0.25) is 4.79 Å². The van der Waals surface area contributed by atoms with Crippen molar-refractivity contribution in [3.8, 4) is 0 Å². The van der Waals surface area contributed by atoms with E-state index < -0.39 is 18.0 Å². The number of rotatable bonds is 20. The smallest absolute Gasteiger partial charge is 0.345 e. The molecule has 0 spiro atoms. The third-order valence-electron chi connectivity index (χ3n) is 5.00. The van der Waals surface area contributed by atoms with E-state index >= 15 is 0 Å². The van der Waals surface area contributed by atoms with Crippen LogP contribution in [-0.2, 0) is 14.3 Å². The van der Waals surface area contributed by atoms with Crippen molar-refractivity contribution < 1.29 is 19.4 Å². The molecule has 0 aromatic heterocycles. The summed E-state index contributed by atoms with van der Waals surface area (Å²) in [7, 11) is 0. The third-order valence-corrected chi connectivity index (χ3v) is 5.00. The molecule has 1 unspecified atom stereocenters. The topological polar surface area (TPSA) is 63.6 Å². The van der Waals surface area contributed by atoms with Gasteiger partial charge in [-0.05, 0) is 44.9 Å². The third kappa shape index (κ3) is 19.5. The van der Waals surface area contributed by atoms with Crippen molar-refractivity contribution in [1.82, 2.24) is 0 Å². The number of carboxylic acids is 1. The van der Waals surface area contributed by atoms with Gasteiger partial charge in [-0.2, -0.15) is 0 Å². The van der Waals surface area contributed by atoms with Crippen LogP contribution in [0.1, 0.15) is 117 Å². The highest BCUT2D eigenvalue weighted by atomic mass is 16.6. The first-order valence-electron chi connectivity index (χ1n) is 11.8. The molecular formula is C25H44O4. The summed E-state index contributed by atoms with van der Waals surface area (Å²) in [6.45, 7) is 3.95. The second-order valence-electron chi connectivity index (χ2n) is 7.77. The van der Waals surface area contributed by atoms with Crippen LogP contribution in [0.2, 0.25) is 0 Å². The van der Waals surface area contributed by atoms with Crippen LogP contribution in [0.3, 0.4) is 0 Å². The van der Waals surface area contributed by atoms with E-state index in [-0.39, 0.29) is 0 Å². The van der Waals surface area contributed by atoms with E-state index in [4.69, 9.17) is 9.84 Å². The van der Waals surface area contributed by atoms with Crippen molar-refractivity contribution in [2.45, 2.75) is 123 Å². The Kier molecular flexibility index (Phi) is 20.0. The molecule has 0 fully saturated rings. The van der Waals surface area contributed by atoms with E-state index in [0.29, 0.717) is 12.8 Å². The fraction of sp³-hybridized carbons (Fsp3) is 0.760. The Bertz CT molecular complexity index is 454. The van der Waals surface area contributed by atoms with Crippen LogP contribution in [0, 0.1) is 0 Å². The Balaban J connectivity index is 3.38. The molecule has 1 atom stereocenters.